The number of aliphatic hydroxyl groups is 1. The summed E-state index contributed by atoms with van der Waals surface area (Å²) < 4.78 is 13.9. The predicted molar refractivity (Wildman–Crippen MR) is 70.2 cm³/mol. The lowest BCUT2D eigenvalue weighted by Gasteiger charge is -2.14. The lowest BCUT2D eigenvalue weighted by atomic mass is 10.2. The van der Waals surface area contributed by atoms with E-state index in [1.165, 1.54) is 28.4 Å². The first-order chi connectivity index (χ1) is 8.54. The van der Waals surface area contributed by atoms with Crippen LogP contribution in [0.5, 0.6) is 0 Å². The number of hydrogen-bond donors (Lipinski definition) is 2. The molecule has 0 unspecified atom stereocenters. The third-order valence-electron chi connectivity index (χ3n) is 2.66. The predicted octanol–water partition coefficient (Wildman–Crippen LogP) is 1.69. The number of anilines is 1. The smallest absolute Gasteiger partial charge is 0.265 e. The Hall–Kier alpha value is -1.66. The van der Waals surface area contributed by atoms with E-state index in [0.29, 0.717) is 16.0 Å². The molecule has 0 aliphatic heterocycles. The molecule has 18 heavy (non-hydrogen) atoms. The van der Waals surface area contributed by atoms with Gasteiger partial charge < -0.3 is 15.7 Å². The van der Waals surface area contributed by atoms with Crippen molar-refractivity contribution in [2.45, 2.75) is 0 Å². The highest BCUT2D eigenvalue weighted by Crippen LogP contribution is 2.34. The van der Waals surface area contributed by atoms with Crippen molar-refractivity contribution in [2.75, 3.05) is 25.9 Å². The maximum atomic E-state index is 13.1. The summed E-state index contributed by atoms with van der Waals surface area (Å²) in [5.74, 6) is -0.641. The fraction of sp³-hybridized carbons (Fsp3) is 0.250. The van der Waals surface area contributed by atoms with E-state index < -0.39 is 0 Å². The summed E-state index contributed by atoms with van der Waals surface area (Å²) in [5, 5.41) is 9.36. The van der Waals surface area contributed by atoms with E-state index in [1.54, 1.807) is 13.1 Å². The molecule has 0 saturated heterocycles. The summed E-state index contributed by atoms with van der Waals surface area (Å²) in [4.78, 5) is 13.8. The van der Waals surface area contributed by atoms with E-state index in [2.05, 4.69) is 0 Å². The molecule has 3 N–H and O–H groups in total. The van der Waals surface area contributed by atoms with Gasteiger partial charge in [0, 0.05) is 23.7 Å². The van der Waals surface area contributed by atoms with Crippen molar-refractivity contribution in [3.05, 3.63) is 28.9 Å². The molecule has 96 valence electrons. The van der Waals surface area contributed by atoms with E-state index in [9.17, 15) is 9.18 Å². The first kappa shape index (κ1) is 12.8. The van der Waals surface area contributed by atoms with Gasteiger partial charge in [0.1, 0.15) is 10.7 Å². The Labute approximate surface area is 107 Å². The number of hydrogen-bond acceptors (Lipinski definition) is 4. The van der Waals surface area contributed by atoms with Crippen LogP contribution in [0.1, 0.15) is 9.67 Å². The second-order valence-electron chi connectivity index (χ2n) is 3.94. The Kier molecular flexibility index (Phi) is 3.49. The molecule has 2 aromatic rings. The lowest BCUT2D eigenvalue weighted by molar-refractivity contribution is 0.0772. The molecule has 1 aromatic heterocycles. The minimum Gasteiger partial charge on any atom is -0.397 e. The highest BCUT2D eigenvalue weighted by atomic mass is 32.1. The molecule has 1 heterocycles. The fourth-order valence-electron chi connectivity index (χ4n) is 1.67. The number of aliphatic hydroxyl groups excluding tert-OH is 1. The molecule has 0 atom stereocenters. The van der Waals surface area contributed by atoms with Gasteiger partial charge in [-0.15, -0.1) is 11.3 Å². The van der Waals surface area contributed by atoms with Gasteiger partial charge in [0.25, 0.3) is 5.91 Å². The Morgan fingerprint density at radius 3 is 2.94 bits per heavy atom. The molecule has 0 fully saturated rings. The van der Waals surface area contributed by atoms with Crippen LogP contribution < -0.4 is 5.73 Å². The number of carbonyl (C=O) groups is 1. The molecule has 1 amide bonds. The number of likely N-dealkylation sites (N-methyl/N-ethyl adjacent to an activating group) is 1. The number of carbonyl (C=O) groups excluding carboxylic acids is 1. The zero-order valence-corrected chi connectivity index (χ0v) is 10.6. The van der Waals surface area contributed by atoms with E-state index in [1.807, 2.05) is 0 Å². The van der Waals surface area contributed by atoms with Crippen LogP contribution in [0.2, 0.25) is 0 Å². The number of thiophene rings is 1. The van der Waals surface area contributed by atoms with Crippen molar-refractivity contribution in [3.8, 4) is 0 Å². The Bertz CT molecular complexity index is 597. The average molecular weight is 268 g/mol. The molecule has 2 rings (SSSR count). The zero-order valence-electron chi connectivity index (χ0n) is 9.81. The van der Waals surface area contributed by atoms with Crippen molar-refractivity contribution in [1.29, 1.82) is 0 Å². The standard InChI is InChI=1S/C12H13FN2O2S/c1-15(4-5-16)12(17)11-10(14)8-6-7(13)2-3-9(8)18-11/h2-3,6,16H,4-5,14H2,1H3. The molecule has 0 radical (unpaired) electrons. The molecular weight excluding hydrogens is 255 g/mol. The second kappa shape index (κ2) is 4.91. The minimum atomic E-state index is -0.380. The van der Waals surface area contributed by atoms with Crippen molar-refractivity contribution < 1.29 is 14.3 Å². The number of nitrogens with two attached hydrogens (primary N) is 1. The number of halogens is 1. The van der Waals surface area contributed by atoms with Crippen LogP contribution in [0.4, 0.5) is 10.1 Å². The van der Waals surface area contributed by atoms with Crippen LogP contribution in [0.3, 0.4) is 0 Å². The topological polar surface area (TPSA) is 66.6 Å². The first-order valence-electron chi connectivity index (χ1n) is 5.38. The van der Waals surface area contributed by atoms with Gasteiger partial charge in [-0.2, -0.15) is 0 Å². The van der Waals surface area contributed by atoms with Crippen molar-refractivity contribution in [1.82, 2.24) is 4.90 Å². The van der Waals surface area contributed by atoms with Crippen LogP contribution in [-0.2, 0) is 0 Å². The zero-order chi connectivity index (χ0) is 13.3. The largest absolute Gasteiger partial charge is 0.397 e. The van der Waals surface area contributed by atoms with Crippen LogP contribution in [0.25, 0.3) is 10.1 Å². The van der Waals surface area contributed by atoms with Gasteiger partial charge >= 0.3 is 0 Å². The third kappa shape index (κ3) is 2.16. The molecule has 6 heteroatoms. The first-order valence-corrected chi connectivity index (χ1v) is 6.20. The molecule has 0 saturated carbocycles. The number of amides is 1. The van der Waals surface area contributed by atoms with E-state index >= 15 is 0 Å². The molecule has 0 aliphatic carbocycles. The van der Waals surface area contributed by atoms with Crippen LogP contribution in [-0.4, -0.2) is 36.1 Å². The fourth-order valence-corrected chi connectivity index (χ4v) is 2.77. The molecular formula is C12H13FN2O2S. The van der Waals surface area contributed by atoms with Crippen LogP contribution in [0, 0.1) is 5.82 Å². The summed E-state index contributed by atoms with van der Waals surface area (Å²) in [6.45, 7) is 0.128. The third-order valence-corrected chi connectivity index (χ3v) is 3.84. The second-order valence-corrected chi connectivity index (χ2v) is 4.99. The van der Waals surface area contributed by atoms with Gasteiger partial charge in [0.15, 0.2) is 0 Å². The normalized spacial score (nSPS) is 10.8. The van der Waals surface area contributed by atoms with Crippen molar-refractivity contribution in [3.63, 3.8) is 0 Å². The maximum Gasteiger partial charge on any atom is 0.265 e. The maximum absolute atomic E-state index is 13.1. The molecule has 0 aliphatic rings. The molecule has 0 spiro atoms. The van der Waals surface area contributed by atoms with Gasteiger partial charge in [-0.05, 0) is 18.2 Å². The SMILES string of the molecule is CN(CCO)C(=O)c1sc2ccc(F)cc2c1N. The van der Waals surface area contributed by atoms with Crippen molar-refractivity contribution in [2.24, 2.45) is 0 Å². The van der Waals surface area contributed by atoms with Crippen molar-refractivity contribution >= 4 is 33.0 Å². The molecule has 0 bridgehead atoms. The summed E-state index contributed by atoms with van der Waals surface area (Å²) in [7, 11) is 1.59. The van der Waals surface area contributed by atoms with Gasteiger partial charge in [-0.25, -0.2) is 4.39 Å². The Morgan fingerprint density at radius 1 is 1.56 bits per heavy atom. The van der Waals surface area contributed by atoms with Crippen LogP contribution >= 0.6 is 11.3 Å². The quantitative estimate of drug-likeness (QED) is 0.890. The monoisotopic (exact) mass is 268 g/mol. The summed E-state index contributed by atoms with van der Waals surface area (Å²) in [6.07, 6.45) is 0. The molecule has 1 aromatic carbocycles. The Balaban J connectivity index is 2.46. The number of nitrogen functional groups attached to an aromatic ring is 1. The molecule has 4 nitrogen and oxygen atoms in total. The summed E-state index contributed by atoms with van der Waals surface area (Å²) in [5.41, 5.74) is 6.17. The van der Waals surface area contributed by atoms with Gasteiger partial charge in [0.05, 0.1) is 12.3 Å². The summed E-state index contributed by atoms with van der Waals surface area (Å²) in [6, 6.07) is 4.27. The van der Waals surface area contributed by atoms with E-state index in [-0.39, 0.29) is 24.9 Å². The summed E-state index contributed by atoms with van der Waals surface area (Å²) >= 11 is 1.23. The number of benzene rings is 1. The highest BCUT2D eigenvalue weighted by Gasteiger charge is 2.19. The van der Waals surface area contributed by atoms with Gasteiger partial charge in [0.2, 0.25) is 0 Å². The minimum absolute atomic E-state index is 0.109. The number of nitrogens with zero attached hydrogens (tertiary/aromatic N) is 1. The highest BCUT2D eigenvalue weighted by molar-refractivity contribution is 7.21. The van der Waals surface area contributed by atoms with E-state index in [4.69, 9.17) is 10.8 Å². The van der Waals surface area contributed by atoms with E-state index in [0.717, 1.165) is 4.70 Å². The van der Waals surface area contributed by atoms with Gasteiger partial charge in [-0.1, -0.05) is 0 Å². The lowest BCUT2D eigenvalue weighted by Crippen LogP contribution is -2.29. The average Bonchev–Trinajstić information content (AvgIpc) is 2.66. The van der Waals surface area contributed by atoms with Gasteiger partial charge in [-0.3, -0.25) is 4.79 Å². The Morgan fingerprint density at radius 2 is 2.28 bits per heavy atom. The number of rotatable bonds is 3. The van der Waals surface area contributed by atoms with Crippen LogP contribution in [0.15, 0.2) is 18.2 Å². The number of fused-ring (bicyclic) bond motifs is 1.